The van der Waals surface area contributed by atoms with Crippen LogP contribution in [-0.2, 0) is 16.2 Å². The number of rotatable bonds is 9. The number of pyridine rings is 1. The number of aromatic nitrogens is 1. The highest BCUT2D eigenvalue weighted by molar-refractivity contribution is 6.32. The molecule has 2 aromatic rings. The molecule has 1 aromatic carbocycles. The molecule has 8 heteroatoms. The summed E-state index contributed by atoms with van der Waals surface area (Å²) < 4.78 is 5.77. The molecule has 0 saturated carbocycles. The van der Waals surface area contributed by atoms with Crippen LogP contribution < -0.4 is 15.8 Å². The Kier molecular flexibility index (Phi) is 7.57. The number of carboxylic acids is 1. The minimum absolute atomic E-state index is 0.148. The topological polar surface area (TPSA) is 115 Å². The van der Waals surface area contributed by atoms with Crippen molar-refractivity contribution in [1.82, 2.24) is 10.3 Å². The predicted molar refractivity (Wildman–Crippen MR) is 102 cm³/mol. The van der Waals surface area contributed by atoms with Gasteiger partial charge in [0, 0.05) is 24.9 Å². The molecule has 0 fully saturated rings. The minimum Gasteiger partial charge on any atom is -0.487 e. The molecule has 0 aliphatic rings. The first-order valence-corrected chi connectivity index (χ1v) is 8.81. The molecule has 27 heavy (non-hydrogen) atoms. The van der Waals surface area contributed by atoms with E-state index in [1.54, 1.807) is 37.5 Å². The van der Waals surface area contributed by atoms with Crippen LogP contribution in [0.2, 0.25) is 5.02 Å². The summed E-state index contributed by atoms with van der Waals surface area (Å²) >= 11 is 6.20. The van der Waals surface area contributed by atoms with Gasteiger partial charge in [-0.2, -0.15) is 0 Å². The number of amides is 1. The van der Waals surface area contributed by atoms with Crippen LogP contribution in [0.1, 0.15) is 30.4 Å². The maximum atomic E-state index is 11.7. The van der Waals surface area contributed by atoms with Crippen LogP contribution in [0.4, 0.5) is 0 Å². The molecule has 2 atom stereocenters. The Morgan fingerprint density at radius 2 is 2.00 bits per heavy atom. The number of nitrogens with two attached hydrogens (primary N) is 1. The fourth-order valence-electron chi connectivity index (χ4n) is 2.43. The number of ether oxygens (including phenoxy) is 1. The zero-order chi connectivity index (χ0) is 19.8. The van der Waals surface area contributed by atoms with Crippen LogP contribution in [0, 0.1) is 0 Å². The van der Waals surface area contributed by atoms with Gasteiger partial charge in [-0.1, -0.05) is 17.7 Å². The number of aliphatic carboxylic acids is 1. The lowest BCUT2D eigenvalue weighted by atomic mass is 9.95. The van der Waals surface area contributed by atoms with Crippen molar-refractivity contribution in [2.24, 2.45) is 5.73 Å². The molecular weight excluding hydrogens is 370 g/mol. The van der Waals surface area contributed by atoms with Crippen LogP contribution in [0.25, 0.3) is 0 Å². The van der Waals surface area contributed by atoms with E-state index in [-0.39, 0.29) is 18.9 Å². The van der Waals surface area contributed by atoms with Crippen molar-refractivity contribution in [1.29, 1.82) is 0 Å². The van der Waals surface area contributed by atoms with Crippen LogP contribution in [0.15, 0.2) is 42.7 Å². The maximum Gasteiger partial charge on any atom is 0.304 e. The van der Waals surface area contributed by atoms with Crippen molar-refractivity contribution in [2.45, 2.75) is 31.9 Å². The van der Waals surface area contributed by atoms with Gasteiger partial charge in [-0.15, -0.1) is 0 Å². The van der Waals surface area contributed by atoms with Gasteiger partial charge >= 0.3 is 5.97 Å². The van der Waals surface area contributed by atoms with E-state index in [2.05, 4.69) is 10.3 Å². The third-order valence-corrected chi connectivity index (χ3v) is 4.24. The Morgan fingerprint density at radius 1 is 1.30 bits per heavy atom. The summed E-state index contributed by atoms with van der Waals surface area (Å²) in [6.07, 6.45) is 3.19. The Hall–Kier alpha value is -2.64. The van der Waals surface area contributed by atoms with Crippen LogP contribution in [0.3, 0.4) is 0 Å². The van der Waals surface area contributed by atoms with Crippen molar-refractivity contribution in [3.63, 3.8) is 0 Å². The highest BCUT2D eigenvalue weighted by atomic mass is 35.5. The van der Waals surface area contributed by atoms with Crippen LogP contribution in [-0.4, -0.2) is 34.6 Å². The summed E-state index contributed by atoms with van der Waals surface area (Å²) in [6, 6.07) is 8.08. The second kappa shape index (κ2) is 9.89. The number of carboxylic acid groups (broad SMARTS) is 1. The molecular formula is C19H22ClN3O4. The third kappa shape index (κ3) is 6.54. The van der Waals surface area contributed by atoms with Gasteiger partial charge in [-0.3, -0.25) is 14.6 Å². The van der Waals surface area contributed by atoms with E-state index >= 15 is 0 Å². The second-order valence-corrected chi connectivity index (χ2v) is 6.57. The fourth-order valence-corrected chi connectivity index (χ4v) is 2.60. The summed E-state index contributed by atoms with van der Waals surface area (Å²) in [4.78, 5) is 26.9. The summed E-state index contributed by atoms with van der Waals surface area (Å²) in [5, 5.41) is 12.3. The zero-order valence-corrected chi connectivity index (χ0v) is 15.6. The minimum atomic E-state index is -0.968. The van der Waals surface area contributed by atoms with Gasteiger partial charge in [0.2, 0.25) is 5.91 Å². The van der Waals surface area contributed by atoms with E-state index in [9.17, 15) is 14.7 Å². The van der Waals surface area contributed by atoms with E-state index in [0.717, 1.165) is 5.56 Å². The van der Waals surface area contributed by atoms with E-state index in [1.807, 2.05) is 12.1 Å². The second-order valence-electron chi connectivity index (χ2n) is 6.16. The molecule has 1 heterocycles. The van der Waals surface area contributed by atoms with Crippen LogP contribution in [0.5, 0.6) is 5.75 Å². The highest BCUT2D eigenvalue weighted by Crippen LogP contribution is 2.30. The lowest BCUT2D eigenvalue weighted by Crippen LogP contribution is -2.40. The molecule has 0 unspecified atom stereocenters. The molecule has 0 spiro atoms. The average Bonchev–Trinajstić information content (AvgIpc) is 2.64. The quantitative estimate of drug-likeness (QED) is 0.604. The normalized spacial score (nSPS) is 12.9. The first-order chi connectivity index (χ1) is 12.9. The Morgan fingerprint density at radius 3 is 2.63 bits per heavy atom. The lowest BCUT2D eigenvalue weighted by Gasteiger charge is -2.19. The number of carbonyl (C=O) groups excluding carboxylic acids is 1. The SMILES string of the molecule is C[C@H](N)C(=O)NC[C@H](CC(=O)O)c1ccc(Cl)c(OCc2ccncc2)c1. The summed E-state index contributed by atoms with van der Waals surface area (Å²) in [5.74, 6) is -1.30. The number of hydrogen-bond donors (Lipinski definition) is 3. The van der Waals surface area contributed by atoms with Gasteiger partial charge in [0.1, 0.15) is 12.4 Å². The maximum absolute atomic E-state index is 11.7. The van der Waals surface area contributed by atoms with E-state index in [0.29, 0.717) is 22.9 Å². The zero-order valence-electron chi connectivity index (χ0n) is 14.9. The number of carbonyl (C=O) groups is 2. The lowest BCUT2D eigenvalue weighted by molar-refractivity contribution is -0.137. The fraction of sp³-hybridized carbons (Fsp3) is 0.316. The number of nitrogens with zero attached hydrogens (tertiary/aromatic N) is 1. The molecule has 144 valence electrons. The van der Waals surface area contributed by atoms with Crippen molar-refractivity contribution >= 4 is 23.5 Å². The molecule has 0 saturated heterocycles. The average molecular weight is 392 g/mol. The molecule has 0 aliphatic carbocycles. The molecule has 1 aromatic heterocycles. The molecule has 2 rings (SSSR count). The van der Waals surface area contributed by atoms with E-state index in [4.69, 9.17) is 22.1 Å². The molecule has 0 aliphatic heterocycles. The molecule has 7 nitrogen and oxygen atoms in total. The van der Waals surface area contributed by atoms with Crippen LogP contribution >= 0.6 is 11.6 Å². The van der Waals surface area contributed by atoms with Crippen molar-refractivity contribution in [2.75, 3.05) is 6.54 Å². The molecule has 1 amide bonds. The number of hydrogen-bond acceptors (Lipinski definition) is 5. The molecule has 0 bridgehead atoms. The van der Waals surface area contributed by atoms with E-state index in [1.165, 1.54) is 0 Å². The Balaban J connectivity index is 2.14. The summed E-state index contributed by atoms with van der Waals surface area (Å²) in [6.45, 7) is 2.02. The number of benzene rings is 1. The predicted octanol–water partition coefficient (Wildman–Crippen LogP) is 2.34. The Labute approximate surface area is 162 Å². The van der Waals surface area contributed by atoms with Gasteiger partial charge < -0.3 is 20.9 Å². The first-order valence-electron chi connectivity index (χ1n) is 8.43. The van der Waals surface area contributed by atoms with Crippen molar-refractivity contribution in [3.05, 3.63) is 58.9 Å². The van der Waals surface area contributed by atoms with Gasteiger partial charge in [0.15, 0.2) is 0 Å². The van der Waals surface area contributed by atoms with Crippen molar-refractivity contribution in [3.8, 4) is 5.75 Å². The number of nitrogens with one attached hydrogen (secondary N) is 1. The number of halogens is 1. The molecule has 0 radical (unpaired) electrons. The smallest absolute Gasteiger partial charge is 0.304 e. The Bertz CT molecular complexity index is 784. The monoisotopic (exact) mass is 391 g/mol. The van der Waals surface area contributed by atoms with Crippen molar-refractivity contribution < 1.29 is 19.4 Å². The molecule has 4 N–H and O–H groups in total. The largest absolute Gasteiger partial charge is 0.487 e. The highest BCUT2D eigenvalue weighted by Gasteiger charge is 2.19. The van der Waals surface area contributed by atoms with Gasteiger partial charge in [0.05, 0.1) is 17.5 Å². The van der Waals surface area contributed by atoms with E-state index < -0.39 is 17.9 Å². The third-order valence-electron chi connectivity index (χ3n) is 3.93. The van der Waals surface area contributed by atoms with Gasteiger partial charge in [0.25, 0.3) is 0 Å². The summed E-state index contributed by atoms with van der Waals surface area (Å²) in [5.41, 5.74) is 7.16. The summed E-state index contributed by atoms with van der Waals surface area (Å²) in [7, 11) is 0. The first kappa shape index (κ1) is 20.7. The standard InChI is InChI=1S/C19H22ClN3O4/c1-12(21)19(26)23-10-15(9-18(24)25)14-2-3-16(20)17(8-14)27-11-13-4-6-22-7-5-13/h2-8,12,15H,9-11,21H2,1H3,(H,23,26)(H,24,25)/t12-,15-/m0/s1. The van der Waals surface area contributed by atoms with Gasteiger partial charge in [-0.05, 0) is 42.3 Å². The van der Waals surface area contributed by atoms with Gasteiger partial charge in [-0.25, -0.2) is 0 Å².